The molecule has 0 aromatic carbocycles. The first-order valence-corrected chi connectivity index (χ1v) is 7.57. The van der Waals surface area contributed by atoms with Gasteiger partial charge in [0.25, 0.3) is 0 Å². The lowest BCUT2D eigenvalue weighted by Crippen LogP contribution is -2.39. The van der Waals surface area contributed by atoms with Gasteiger partial charge in [-0.15, -0.1) is 11.6 Å². The second-order valence-electron chi connectivity index (χ2n) is 5.98. The van der Waals surface area contributed by atoms with Crippen LogP contribution in [0.1, 0.15) is 34.1 Å². The van der Waals surface area contributed by atoms with E-state index < -0.39 is 12.1 Å². The van der Waals surface area contributed by atoms with Crippen molar-refractivity contribution in [2.45, 2.75) is 40.2 Å². The van der Waals surface area contributed by atoms with Crippen LogP contribution in [0.25, 0.3) is 0 Å². The van der Waals surface area contributed by atoms with Crippen molar-refractivity contribution in [1.82, 2.24) is 0 Å². The molecule has 0 spiro atoms. The summed E-state index contributed by atoms with van der Waals surface area (Å²) in [5.41, 5.74) is 1.93. The Balaban J connectivity index is 3.12. The minimum Gasteiger partial charge on any atom is -0.453 e. The molecule has 0 aromatic rings. The zero-order valence-electron chi connectivity index (χ0n) is 13.3. The number of carbonyl (C=O) groups is 3. The molecule has 1 rings (SSSR count). The number of alkyl halides is 1. The van der Waals surface area contributed by atoms with E-state index in [1.807, 2.05) is 26.8 Å². The molecular formula is C17H21ClO4. The largest absolute Gasteiger partial charge is 0.453 e. The molecular weight excluding hydrogens is 304 g/mol. The van der Waals surface area contributed by atoms with E-state index in [-0.39, 0.29) is 17.1 Å². The molecule has 0 saturated carbocycles. The summed E-state index contributed by atoms with van der Waals surface area (Å²) in [7, 11) is 0. The molecule has 0 aliphatic heterocycles. The molecule has 120 valence electrons. The second-order valence-corrected chi connectivity index (χ2v) is 6.25. The molecule has 5 heteroatoms. The number of esters is 1. The van der Waals surface area contributed by atoms with Gasteiger partial charge in [0.05, 0.1) is 0 Å². The van der Waals surface area contributed by atoms with Gasteiger partial charge in [-0.2, -0.15) is 0 Å². The molecule has 0 radical (unpaired) electrons. The van der Waals surface area contributed by atoms with Gasteiger partial charge in [-0.25, -0.2) is 0 Å². The van der Waals surface area contributed by atoms with Crippen LogP contribution in [0.2, 0.25) is 0 Å². The van der Waals surface area contributed by atoms with E-state index in [2.05, 4.69) is 0 Å². The predicted octanol–water partition coefficient (Wildman–Crippen LogP) is 3.15. The highest BCUT2D eigenvalue weighted by atomic mass is 35.5. The fourth-order valence-electron chi connectivity index (χ4n) is 2.56. The molecule has 0 heterocycles. The topological polar surface area (TPSA) is 60.4 Å². The molecule has 4 nitrogen and oxygen atoms in total. The van der Waals surface area contributed by atoms with Gasteiger partial charge in [0.1, 0.15) is 12.2 Å². The minimum absolute atomic E-state index is 0.200. The van der Waals surface area contributed by atoms with E-state index in [1.54, 1.807) is 13.0 Å². The number of aldehydes is 1. The van der Waals surface area contributed by atoms with E-state index in [1.165, 1.54) is 6.08 Å². The fraction of sp³-hybridized carbons (Fsp3) is 0.471. The number of carbonyl (C=O) groups excluding carboxylic acids is 3. The maximum Gasteiger partial charge on any atom is 0.321 e. The Kier molecular flexibility index (Phi) is 6.30. The molecule has 1 atom stereocenters. The summed E-state index contributed by atoms with van der Waals surface area (Å²) in [6, 6.07) is 0. The average Bonchev–Trinajstić information content (AvgIpc) is 2.44. The van der Waals surface area contributed by atoms with Crippen molar-refractivity contribution < 1.29 is 19.1 Å². The SMILES string of the molecule is CC(C=CC1=C(C)C(=O)[C@@H](OC(=O)CCl)CC1(C)C)=CC=O. The normalized spacial score (nSPS) is 22.1. The highest BCUT2D eigenvalue weighted by molar-refractivity contribution is 6.26. The predicted molar refractivity (Wildman–Crippen MR) is 85.7 cm³/mol. The van der Waals surface area contributed by atoms with Gasteiger partial charge >= 0.3 is 5.97 Å². The van der Waals surface area contributed by atoms with Crippen molar-refractivity contribution >= 4 is 29.6 Å². The molecule has 0 saturated heterocycles. The van der Waals surface area contributed by atoms with Crippen LogP contribution in [0.5, 0.6) is 0 Å². The highest BCUT2D eigenvalue weighted by Crippen LogP contribution is 2.40. The third-order valence-electron chi connectivity index (χ3n) is 3.72. The maximum absolute atomic E-state index is 12.4. The number of hydrogen-bond donors (Lipinski definition) is 0. The Labute approximate surface area is 135 Å². The van der Waals surface area contributed by atoms with Gasteiger partial charge in [-0.1, -0.05) is 26.0 Å². The standard InChI is InChI=1S/C17H21ClO4/c1-11(7-8-19)5-6-13-12(2)16(21)14(9-17(13,3)4)22-15(20)10-18/h5-8,14H,9-10H2,1-4H3/t14-/m0/s1. The van der Waals surface area contributed by atoms with Gasteiger partial charge in [0.2, 0.25) is 0 Å². The molecule has 1 aliphatic rings. The van der Waals surface area contributed by atoms with Crippen LogP contribution < -0.4 is 0 Å². The lowest BCUT2D eigenvalue weighted by molar-refractivity contribution is -0.153. The summed E-state index contributed by atoms with van der Waals surface area (Å²) >= 11 is 5.43. The Morgan fingerprint density at radius 2 is 2.09 bits per heavy atom. The Morgan fingerprint density at radius 3 is 2.64 bits per heavy atom. The van der Waals surface area contributed by atoms with E-state index in [4.69, 9.17) is 16.3 Å². The van der Waals surface area contributed by atoms with Crippen LogP contribution in [0, 0.1) is 5.41 Å². The third-order valence-corrected chi connectivity index (χ3v) is 3.94. The summed E-state index contributed by atoms with van der Waals surface area (Å²) in [5.74, 6) is -1.06. The summed E-state index contributed by atoms with van der Waals surface area (Å²) in [4.78, 5) is 34.1. The quantitative estimate of drug-likeness (QED) is 0.256. The maximum atomic E-state index is 12.4. The van der Waals surface area contributed by atoms with Crippen LogP contribution in [0.3, 0.4) is 0 Å². The number of Topliss-reactive ketones (excluding diaryl/α,β-unsaturated/α-hetero) is 1. The van der Waals surface area contributed by atoms with Crippen molar-refractivity contribution in [3.05, 3.63) is 34.9 Å². The van der Waals surface area contributed by atoms with Crippen LogP contribution >= 0.6 is 11.6 Å². The summed E-state index contributed by atoms with van der Waals surface area (Å²) in [6.07, 6.45) is 5.44. The number of halogens is 1. The fourth-order valence-corrected chi connectivity index (χ4v) is 2.62. The van der Waals surface area contributed by atoms with Crippen LogP contribution in [0.15, 0.2) is 34.9 Å². The lowest BCUT2D eigenvalue weighted by atomic mass is 9.71. The molecule has 0 fully saturated rings. The zero-order valence-corrected chi connectivity index (χ0v) is 14.1. The molecule has 1 aliphatic carbocycles. The summed E-state index contributed by atoms with van der Waals surface area (Å²) < 4.78 is 5.13. The zero-order chi connectivity index (χ0) is 16.9. The van der Waals surface area contributed by atoms with Gasteiger partial charge < -0.3 is 4.74 Å². The molecule has 0 unspecified atom stereocenters. The minimum atomic E-state index is -0.787. The van der Waals surface area contributed by atoms with Crippen molar-refractivity contribution in [3.8, 4) is 0 Å². The third kappa shape index (κ3) is 4.41. The second kappa shape index (κ2) is 7.54. The Hall–Kier alpha value is -1.68. The number of rotatable bonds is 5. The number of ketones is 1. The lowest BCUT2D eigenvalue weighted by Gasteiger charge is -2.36. The van der Waals surface area contributed by atoms with E-state index in [0.29, 0.717) is 12.0 Å². The number of ether oxygens (including phenoxy) is 1. The first-order chi connectivity index (χ1) is 10.2. The van der Waals surface area contributed by atoms with E-state index >= 15 is 0 Å². The van der Waals surface area contributed by atoms with Crippen LogP contribution in [-0.4, -0.2) is 30.0 Å². The van der Waals surface area contributed by atoms with Gasteiger partial charge in [0, 0.05) is 6.42 Å². The highest BCUT2D eigenvalue weighted by Gasteiger charge is 2.39. The van der Waals surface area contributed by atoms with Crippen molar-refractivity contribution in [3.63, 3.8) is 0 Å². The molecule has 0 N–H and O–H groups in total. The summed E-state index contributed by atoms with van der Waals surface area (Å²) in [5, 5.41) is 0. The molecule has 0 amide bonds. The van der Waals surface area contributed by atoms with Crippen molar-refractivity contribution in [2.75, 3.05) is 5.88 Å². The monoisotopic (exact) mass is 324 g/mol. The number of allylic oxidation sites excluding steroid dienone is 5. The Morgan fingerprint density at radius 1 is 1.45 bits per heavy atom. The average molecular weight is 325 g/mol. The van der Waals surface area contributed by atoms with Gasteiger partial charge in [-0.3, -0.25) is 14.4 Å². The first kappa shape index (κ1) is 18.4. The van der Waals surface area contributed by atoms with Gasteiger partial charge in [0.15, 0.2) is 11.9 Å². The molecule has 0 bridgehead atoms. The van der Waals surface area contributed by atoms with Gasteiger partial charge in [-0.05, 0) is 42.1 Å². The van der Waals surface area contributed by atoms with E-state index in [0.717, 1.165) is 17.4 Å². The van der Waals surface area contributed by atoms with Crippen molar-refractivity contribution in [2.24, 2.45) is 5.41 Å². The molecule has 0 aromatic heterocycles. The summed E-state index contributed by atoms with van der Waals surface area (Å²) in [6.45, 7) is 7.51. The number of hydrogen-bond acceptors (Lipinski definition) is 4. The first-order valence-electron chi connectivity index (χ1n) is 7.04. The smallest absolute Gasteiger partial charge is 0.321 e. The van der Waals surface area contributed by atoms with Crippen LogP contribution in [0.4, 0.5) is 0 Å². The van der Waals surface area contributed by atoms with E-state index in [9.17, 15) is 14.4 Å². The molecule has 22 heavy (non-hydrogen) atoms. The van der Waals surface area contributed by atoms with Crippen LogP contribution in [-0.2, 0) is 19.1 Å². The van der Waals surface area contributed by atoms with Crippen molar-refractivity contribution in [1.29, 1.82) is 0 Å². The Bertz CT molecular complexity index is 567.